The van der Waals surface area contributed by atoms with E-state index in [1.165, 1.54) is 5.01 Å². The standard InChI is InChI=1S/C25H27N5O3S/c1-17-5-6-18(2)21(14-17)30-23(31)8-7-20(27-30)25(32)29-11-9-28(10-12-29)15-19-16-34-24(26-19)22-4-3-13-33-22/h3-6,13-14,16H,7-12,15H2,1-2H3. The van der Waals surface area contributed by atoms with Crippen molar-refractivity contribution in [1.82, 2.24) is 14.8 Å². The summed E-state index contributed by atoms with van der Waals surface area (Å²) in [5.41, 5.74) is 4.22. The normalized spacial score (nSPS) is 17.2. The third-order valence-corrected chi connectivity index (χ3v) is 7.11. The van der Waals surface area contributed by atoms with Crippen molar-refractivity contribution in [3.8, 4) is 10.8 Å². The number of hydrogen-bond acceptors (Lipinski definition) is 7. The fraction of sp³-hybridized carbons (Fsp3) is 0.360. The molecule has 2 amide bonds. The molecule has 34 heavy (non-hydrogen) atoms. The van der Waals surface area contributed by atoms with Gasteiger partial charge in [-0.2, -0.15) is 5.10 Å². The number of carbonyl (C=O) groups is 2. The molecule has 1 fully saturated rings. The van der Waals surface area contributed by atoms with E-state index < -0.39 is 0 Å². The van der Waals surface area contributed by atoms with Crippen LogP contribution in [0.5, 0.6) is 0 Å². The summed E-state index contributed by atoms with van der Waals surface area (Å²) in [5, 5.41) is 8.86. The molecule has 0 saturated carbocycles. The lowest BCUT2D eigenvalue weighted by molar-refractivity contribution is -0.126. The summed E-state index contributed by atoms with van der Waals surface area (Å²) in [7, 11) is 0. The van der Waals surface area contributed by atoms with Crippen LogP contribution in [0.4, 0.5) is 5.69 Å². The van der Waals surface area contributed by atoms with E-state index in [0.717, 1.165) is 52.9 Å². The maximum absolute atomic E-state index is 13.2. The van der Waals surface area contributed by atoms with Crippen molar-refractivity contribution in [3.63, 3.8) is 0 Å². The van der Waals surface area contributed by atoms with Crippen LogP contribution in [0.15, 0.2) is 51.5 Å². The van der Waals surface area contributed by atoms with Gasteiger partial charge in [0.2, 0.25) is 5.91 Å². The highest BCUT2D eigenvalue weighted by atomic mass is 32.1. The lowest BCUT2D eigenvalue weighted by Gasteiger charge is -2.35. The van der Waals surface area contributed by atoms with E-state index >= 15 is 0 Å². The van der Waals surface area contributed by atoms with Crippen LogP contribution in [0.3, 0.4) is 0 Å². The number of thiazole rings is 1. The summed E-state index contributed by atoms with van der Waals surface area (Å²) in [4.78, 5) is 34.6. The van der Waals surface area contributed by atoms with Crippen LogP contribution in [0, 0.1) is 13.8 Å². The molecule has 0 aliphatic carbocycles. The highest BCUT2D eigenvalue weighted by Gasteiger charge is 2.30. The van der Waals surface area contributed by atoms with Gasteiger partial charge in [-0.15, -0.1) is 11.3 Å². The van der Waals surface area contributed by atoms with Crippen LogP contribution in [-0.4, -0.2) is 58.5 Å². The zero-order valence-electron chi connectivity index (χ0n) is 19.4. The SMILES string of the molecule is Cc1ccc(C)c(N2N=C(C(=O)N3CCN(Cc4csc(-c5ccco5)n4)CC3)CCC2=O)c1. The highest BCUT2D eigenvalue weighted by Crippen LogP contribution is 2.27. The van der Waals surface area contributed by atoms with Gasteiger partial charge in [0.05, 0.1) is 17.6 Å². The van der Waals surface area contributed by atoms with Crippen molar-refractivity contribution in [3.05, 3.63) is 58.8 Å². The number of carbonyl (C=O) groups excluding carboxylic acids is 2. The fourth-order valence-electron chi connectivity index (χ4n) is 4.26. The second-order valence-corrected chi connectivity index (χ2v) is 9.59. The van der Waals surface area contributed by atoms with Gasteiger partial charge in [0.15, 0.2) is 10.8 Å². The molecule has 1 saturated heterocycles. The van der Waals surface area contributed by atoms with E-state index in [4.69, 9.17) is 4.42 Å². The van der Waals surface area contributed by atoms with Crippen LogP contribution < -0.4 is 5.01 Å². The van der Waals surface area contributed by atoms with Crippen LogP contribution in [0.2, 0.25) is 0 Å². The quantitative estimate of drug-likeness (QED) is 0.558. The summed E-state index contributed by atoms with van der Waals surface area (Å²) < 4.78 is 5.43. The molecule has 0 spiro atoms. The molecule has 1 aromatic carbocycles. The molecule has 176 valence electrons. The minimum absolute atomic E-state index is 0.0729. The first-order chi connectivity index (χ1) is 16.5. The lowest BCUT2D eigenvalue weighted by atomic mass is 10.1. The Morgan fingerprint density at radius 3 is 2.71 bits per heavy atom. The van der Waals surface area contributed by atoms with Gasteiger partial charge in [-0.1, -0.05) is 12.1 Å². The Morgan fingerprint density at radius 2 is 1.94 bits per heavy atom. The predicted octanol–water partition coefficient (Wildman–Crippen LogP) is 3.85. The maximum atomic E-state index is 13.2. The second-order valence-electron chi connectivity index (χ2n) is 8.73. The van der Waals surface area contributed by atoms with E-state index in [1.54, 1.807) is 17.6 Å². The molecule has 2 aliphatic heterocycles. The van der Waals surface area contributed by atoms with Gasteiger partial charge in [0, 0.05) is 50.9 Å². The molecule has 0 atom stereocenters. The van der Waals surface area contributed by atoms with Gasteiger partial charge >= 0.3 is 0 Å². The fourth-order valence-corrected chi connectivity index (χ4v) is 5.03. The van der Waals surface area contributed by atoms with Gasteiger partial charge in [-0.25, -0.2) is 9.99 Å². The monoisotopic (exact) mass is 477 g/mol. The van der Waals surface area contributed by atoms with Gasteiger partial charge in [0.25, 0.3) is 5.91 Å². The molecule has 8 nitrogen and oxygen atoms in total. The van der Waals surface area contributed by atoms with E-state index in [-0.39, 0.29) is 11.8 Å². The summed E-state index contributed by atoms with van der Waals surface area (Å²) in [5.74, 6) is 0.636. The van der Waals surface area contributed by atoms with Crippen LogP contribution in [0.1, 0.15) is 29.7 Å². The minimum atomic E-state index is -0.0766. The number of amides is 2. The number of furan rings is 1. The van der Waals surface area contributed by atoms with Gasteiger partial charge in [-0.05, 0) is 43.2 Å². The molecule has 9 heteroatoms. The van der Waals surface area contributed by atoms with Crippen LogP contribution >= 0.6 is 11.3 Å². The largest absolute Gasteiger partial charge is 0.462 e. The first-order valence-corrected chi connectivity index (χ1v) is 12.3. The summed E-state index contributed by atoms with van der Waals surface area (Å²) in [6.45, 7) is 7.48. The van der Waals surface area contributed by atoms with Crippen LogP contribution in [0.25, 0.3) is 10.8 Å². The number of hydrazone groups is 1. The second kappa shape index (κ2) is 9.52. The molecular weight excluding hydrogens is 450 g/mol. The average molecular weight is 478 g/mol. The maximum Gasteiger partial charge on any atom is 0.270 e. The molecule has 2 aromatic heterocycles. The molecule has 3 aromatic rings. The van der Waals surface area contributed by atoms with Crippen molar-refractivity contribution < 1.29 is 14.0 Å². The number of aromatic nitrogens is 1. The topological polar surface area (TPSA) is 82.2 Å². The zero-order chi connectivity index (χ0) is 23.7. The Morgan fingerprint density at radius 1 is 1.12 bits per heavy atom. The summed E-state index contributed by atoms with van der Waals surface area (Å²) >= 11 is 1.58. The third kappa shape index (κ3) is 4.67. The number of aryl methyl sites for hydroxylation is 2. The Labute approximate surface area is 202 Å². The number of benzene rings is 1. The number of nitrogens with zero attached hydrogens (tertiary/aromatic N) is 5. The minimum Gasteiger partial charge on any atom is -0.462 e. The highest BCUT2D eigenvalue weighted by molar-refractivity contribution is 7.13. The number of piperazine rings is 1. The Hall–Kier alpha value is -3.30. The van der Waals surface area contributed by atoms with E-state index in [9.17, 15) is 9.59 Å². The van der Waals surface area contributed by atoms with E-state index in [1.807, 2.05) is 49.1 Å². The summed E-state index contributed by atoms with van der Waals surface area (Å²) in [6.07, 6.45) is 2.33. The smallest absolute Gasteiger partial charge is 0.270 e. The Kier molecular flexibility index (Phi) is 6.30. The van der Waals surface area contributed by atoms with Crippen molar-refractivity contribution in [2.45, 2.75) is 33.2 Å². The number of anilines is 1. The Bertz CT molecular complexity index is 1230. The van der Waals surface area contributed by atoms with Crippen molar-refractivity contribution in [2.75, 3.05) is 31.2 Å². The van der Waals surface area contributed by atoms with Crippen molar-refractivity contribution in [2.24, 2.45) is 5.10 Å². The first-order valence-electron chi connectivity index (χ1n) is 11.5. The molecule has 0 radical (unpaired) electrons. The molecular formula is C25H27N5O3S. The van der Waals surface area contributed by atoms with Gasteiger partial charge in [-0.3, -0.25) is 14.5 Å². The van der Waals surface area contributed by atoms with Gasteiger partial charge in [0.1, 0.15) is 5.71 Å². The average Bonchev–Trinajstić information content (AvgIpc) is 3.53. The predicted molar refractivity (Wildman–Crippen MR) is 132 cm³/mol. The summed E-state index contributed by atoms with van der Waals surface area (Å²) in [6, 6.07) is 9.70. The van der Waals surface area contributed by atoms with Crippen molar-refractivity contribution >= 4 is 34.6 Å². The number of rotatable bonds is 5. The molecule has 2 aliphatic rings. The molecule has 5 rings (SSSR count). The molecule has 0 N–H and O–H groups in total. The van der Waals surface area contributed by atoms with E-state index in [2.05, 4.69) is 20.4 Å². The molecule has 0 bridgehead atoms. The third-order valence-electron chi connectivity index (χ3n) is 6.20. The Balaban J connectivity index is 1.21. The first kappa shape index (κ1) is 22.5. The van der Waals surface area contributed by atoms with Crippen molar-refractivity contribution in [1.29, 1.82) is 0 Å². The lowest BCUT2D eigenvalue weighted by Crippen LogP contribution is -2.51. The zero-order valence-corrected chi connectivity index (χ0v) is 20.2. The van der Waals surface area contributed by atoms with Gasteiger partial charge < -0.3 is 9.32 Å². The van der Waals surface area contributed by atoms with Crippen LogP contribution in [-0.2, 0) is 16.1 Å². The molecule has 0 unspecified atom stereocenters. The number of hydrogen-bond donors (Lipinski definition) is 0. The molecule has 4 heterocycles. The van der Waals surface area contributed by atoms with E-state index in [0.29, 0.717) is 31.6 Å².